The van der Waals surface area contributed by atoms with Crippen LogP contribution in [0.15, 0.2) is 36.4 Å². The average Bonchev–Trinajstić information content (AvgIpc) is 2.82. The van der Waals surface area contributed by atoms with Gasteiger partial charge in [0.15, 0.2) is 0 Å². The van der Waals surface area contributed by atoms with Crippen LogP contribution in [-0.4, -0.2) is 16.7 Å². The van der Waals surface area contributed by atoms with E-state index in [2.05, 4.69) is 12.2 Å². The monoisotopic (exact) mass is 298 g/mol. The summed E-state index contributed by atoms with van der Waals surface area (Å²) < 4.78 is 0. The van der Waals surface area contributed by atoms with Gasteiger partial charge in [0, 0.05) is 12.1 Å². The summed E-state index contributed by atoms with van der Waals surface area (Å²) in [4.78, 5) is 36.8. The molecule has 5 rings (SSSR count). The standard InChI is InChI=1S/C16H14N2O4/c19-15-13-9-1-2-10(4-3-9)14(13)16(20)17(15)11-5-7-12(8-6-11)18(21)22/h1-2,5-10,13-14H,3-4H2/t9-,10-,13+,14+/m0/s1. The molecule has 0 aromatic heterocycles. The van der Waals surface area contributed by atoms with Crippen molar-refractivity contribution in [2.75, 3.05) is 4.90 Å². The van der Waals surface area contributed by atoms with Gasteiger partial charge in [-0.05, 0) is 36.8 Å². The van der Waals surface area contributed by atoms with Crippen molar-refractivity contribution in [3.05, 3.63) is 46.5 Å². The Kier molecular flexibility index (Phi) is 2.69. The molecule has 22 heavy (non-hydrogen) atoms. The van der Waals surface area contributed by atoms with E-state index in [1.54, 1.807) is 0 Å². The SMILES string of the molecule is O=C1[C@H]2[C@H](C(=O)N1c1ccc([N+](=O)[O-])cc1)[C@H]1C=C[C@H]2CC1. The maximum absolute atomic E-state index is 12.7. The number of nitro benzene ring substituents is 1. The first-order valence-corrected chi connectivity index (χ1v) is 7.38. The van der Waals surface area contributed by atoms with Crippen molar-refractivity contribution in [2.24, 2.45) is 23.7 Å². The molecule has 1 aliphatic heterocycles. The summed E-state index contributed by atoms with van der Waals surface area (Å²) in [6, 6.07) is 5.59. The minimum Gasteiger partial charge on any atom is -0.274 e. The van der Waals surface area contributed by atoms with Gasteiger partial charge < -0.3 is 0 Å². The Balaban J connectivity index is 1.70. The Labute approximate surface area is 126 Å². The van der Waals surface area contributed by atoms with Crippen molar-refractivity contribution < 1.29 is 14.5 Å². The number of allylic oxidation sites excluding steroid dienone is 2. The maximum Gasteiger partial charge on any atom is 0.269 e. The molecular formula is C16H14N2O4. The molecule has 1 heterocycles. The molecule has 6 nitrogen and oxygen atoms in total. The van der Waals surface area contributed by atoms with E-state index in [1.807, 2.05) is 0 Å². The van der Waals surface area contributed by atoms with E-state index in [1.165, 1.54) is 29.2 Å². The van der Waals surface area contributed by atoms with Crippen LogP contribution in [0.3, 0.4) is 0 Å². The molecule has 1 saturated carbocycles. The third-order valence-electron chi connectivity index (χ3n) is 5.08. The number of nitrogens with zero attached hydrogens (tertiary/aromatic N) is 2. The van der Waals surface area contributed by atoms with Crippen LogP contribution >= 0.6 is 0 Å². The van der Waals surface area contributed by atoms with Gasteiger partial charge in [0.05, 0.1) is 22.4 Å². The van der Waals surface area contributed by atoms with E-state index in [0.717, 1.165) is 12.8 Å². The second kappa shape index (κ2) is 4.50. The van der Waals surface area contributed by atoms with Crippen molar-refractivity contribution in [2.45, 2.75) is 12.8 Å². The second-order valence-electron chi connectivity index (χ2n) is 6.13. The number of nitro groups is 1. The molecule has 1 aromatic rings. The lowest BCUT2D eigenvalue weighted by atomic mass is 9.63. The van der Waals surface area contributed by atoms with Crippen molar-refractivity contribution in [1.82, 2.24) is 0 Å². The van der Waals surface area contributed by atoms with Gasteiger partial charge in [0.2, 0.25) is 11.8 Å². The summed E-state index contributed by atoms with van der Waals surface area (Å²) in [5.74, 6) is -0.548. The fourth-order valence-electron chi connectivity index (χ4n) is 4.05. The van der Waals surface area contributed by atoms with Crippen LogP contribution in [0.25, 0.3) is 0 Å². The van der Waals surface area contributed by atoms with Gasteiger partial charge in [-0.1, -0.05) is 12.2 Å². The predicted octanol–water partition coefficient (Wildman–Crippen LogP) is 2.30. The quantitative estimate of drug-likeness (QED) is 0.363. The van der Waals surface area contributed by atoms with Crippen LogP contribution in [0.4, 0.5) is 11.4 Å². The maximum atomic E-state index is 12.7. The minimum absolute atomic E-state index is 0.0537. The normalized spacial score (nSPS) is 32.5. The Morgan fingerprint density at radius 2 is 1.45 bits per heavy atom. The number of imide groups is 1. The molecule has 0 unspecified atom stereocenters. The van der Waals surface area contributed by atoms with Crippen LogP contribution in [-0.2, 0) is 9.59 Å². The summed E-state index contributed by atoms with van der Waals surface area (Å²) in [7, 11) is 0. The Morgan fingerprint density at radius 3 is 1.86 bits per heavy atom. The molecule has 112 valence electrons. The molecule has 2 bridgehead atoms. The highest BCUT2D eigenvalue weighted by atomic mass is 16.6. The molecule has 2 amide bonds. The first kappa shape index (κ1) is 13.2. The van der Waals surface area contributed by atoms with E-state index in [9.17, 15) is 19.7 Å². The Morgan fingerprint density at radius 1 is 0.955 bits per heavy atom. The van der Waals surface area contributed by atoms with Crippen LogP contribution in [0, 0.1) is 33.8 Å². The molecule has 0 radical (unpaired) electrons. The molecule has 0 spiro atoms. The molecule has 6 heteroatoms. The highest BCUT2D eigenvalue weighted by Crippen LogP contribution is 2.50. The lowest BCUT2D eigenvalue weighted by molar-refractivity contribution is -0.384. The summed E-state index contributed by atoms with van der Waals surface area (Å²) in [5.41, 5.74) is 0.372. The minimum atomic E-state index is -0.499. The molecule has 1 aromatic carbocycles. The fourth-order valence-corrected chi connectivity index (χ4v) is 4.05. The van der Waals surface area contributed by atoms with E-state index in [0.29, 0.717) is 5.69 Å². The van der Waals surface area contributed by atoms with Crippen molar-refractivity contribution >= 4 is 23.2 Å². The third-order valence-corrected chi connectivity index (χ3v) is 5.08. The number of carbonyl (C=O) groups excluding carboxylic acids is 2. The number of hydrogen-bond acceptors (Lipinski definition) is 4. The molecule has 3 aliphatic carbocycles. The lowest BCUT2D eigenvalue weighted by Crippen LogP contribution is -2.38. The number of amides is 2. The third kappa shape index (κ3) is 1.66. The van der Waals surface area contributed by atoms with E-state index in [4.69, 9.17) is 0 Å². The summed E-state index contributed by atoms with van der Waals surface area (Å²) in [6.45, 7) is 0. The fraction of sp³-hybridized carbons (Fsp3) is 0.375. The number of carbonyl (C=O) groups is 2. The lowest BCUT2D eigenvalue weighted by Gasteiger charge is -2.38. The molecule has 0 N–H and O–H groups in total. The first-order valence-electron chi connectivity index (χ1n) is 7.38. The van der Waals surface area contributed by atoms with Crippen molar-refractivity contribution in [3.63, 3.8) is 0 Å². The summed E-state index contributed by atoms with van der Waals surface area (Å²) in [5, 5.41) is 10.7. The predicted molar refractivity (Wildman–Crippen MR) is 77.9 cm³/mol. The Hall–Kier alpha value is -2.50. The van der Waals surface area contributed by atoms with E-state index < -0.39 is 4.92 Å². The topological polar surface area (TPSA) is 80.5 Å². The molecule has 4 aliphatic rings. The van der Waals surface area contributed by atoms with Gasteiger partial charge in [0.1, 0.15) is 0 Å². The van der Waals surface area contributed by atoms with Gasteiger partial charge in [-0.2, -0.15) is 0 Å². The van der Waals surface area contributed by atoms with Crippen LogP contribution < -0.4 is 4.90 Å². The van der Waals surface area contributed by atoms with Gasteiger partial charge in [0.25, 0.3) is 5.69 Å². The molecule has 1 saturated heterocycles. The average molecular weight is 298 g/mol. The smallest absolute Gasteiger partial charge is 0.269 e. The zero-order valence-electron chi connectivity index (χ0n) is 11.7. The number of rotatable bonds is 2. The first-order chi connectivity index (χ1) is 10.6. The largest absolute Gasteiger partial charge is 0.274 e. The second-order valence-corrected chi connectivity index (χ2v) is 6.13. The van der Waals surface area contributed by atoms with E-state index >= 15 is 0 Å². The number of benzene rings is 1. The van der Waals surface area contributed by atoms with Crippen LogP contribution in [0.2, 0.25) is 0 Å². The summed E-state index contributed by atoms with van der Waals surface area (Å²) >= 11 is 0. The van der Waals surface area contributed by atoms with Gasteiger partial charge in [-0.3, -0.25) is 24.6 Å². The van der Waals surface area contributed by atoms with Crippen molar-refractivity contribution in [3.8, 4) is 0 Å². The van der Waals surface area contributed by atoms with Crippen LogP contribution in [0.5, 0.6) is 0 Å². The molecule has 4 atom stereocenters. The van der Waals surface area contributed by atoms with Crippen molar-refractivity contribution in [1.29, 1.82) is 0 Å². The molecule has 2 fully saturated rings. The van der Waals surface area contributed by atoms with Gasteiger partial charge in [-0.25, -0.2) is 0 Å². The highest BCUT2D eigenvalue weighted by molar-refractivity contribution is 6.22. The van der Waals surface area contributed by atoms with Gasteiger partial charge >= 0.3 is 0 Å². The van der Waals surface area contributed by atoms with E-state index in [-0.39, 0.29) is 41.2 Å². The highest BCUT2D eigenvalue weighted by Gasteiger charge is 2.56. The number of fused-ring (bicyclic) bond motifs is 1. The zero-order valence-corrected chi connectivity index (χ0v) is 11.7. The number of anilines is 1. The number of non-ortho nitro benzene ring substituents is 1. The van der Waals surface area contributed by atoms with Crippen LogP contribution in [0.1, 0.15) is 12.8 Å². The number of hydrogen-bond donors (Lipinski definition) is 0. The Bertz CT molecular complexity index is 677. The zero-order chi connectivity index (χ0) is 15.4. The summed E-state index contributed by atoms with van der Waals surface area (Å²) in [6.07, 6.45) is 6.05. The van der Waals surface area contributed by atoms with Gasteiger partial charge in [-0.15, -0.1) is 0 Å². The molecular weight excluding hydrogens is 284 g/mol.